The van der Waals surface area contributed by atoms with Gasteiger partial charge in [0.1, 0.15) is 0 Å². The van der Waals surface area contributed by atoms with Crippen LogP contribution in [0.1, 0.15) is 12.5 Å². The Hall–Kier alpha value is -0.990. The molecular formula is C11H14ClF3N2O2S. The Bertz CT molecular complexity index is 561. The minimum absolute atomic E-state index is 0.137. The van der Waals surface area contributed by atoms with E-state index in [2.05, 4.69) is 5.32 Å². The minimum atomic E-state index is -4.69. The van der Waals surface area contributed by atoms with E-state index in [4.69, 9.17) is 11.6 Å². The Morgan fingerprint density at radius 3 is 2.50 bits per heavy atom. The Morgan fingerprint density at radius 1 is 1.30 bits per heavy atom. The molecule has 0 atom stereocenters. The van der Waals surface area contributed by atoms with E-state index >= 15 is 0 Å². The lowest BCUT2D eigenvalue weighted by atomic mass is 10.2. The molecule has 0 bridgehead atoms. The Labute approximate surface area is 120 Å². The third-order valence-corrected chi connectivity index (χ3v) is 3.95. The summed E-state index contributed by atoms with van der Waals surface area (Å²) in [6.07, 6.45) is -4.69. The molecule has 0 aliphatic rings. The van der Waals surface area contributed by atoms with Gasteiger partial charge >= 0.3 is 6.18 Å². The van der Waals surface area contributed by atoms with E-state index in [9.17, 15) is 21.6 Å². The number of sulfonamides is 1. The molecule has 0 saturated heterocycles. The Balaban J connectivity index is 3.03. The van der Waals surface area contributed by atoms with Crippen LogP contribution in [0.3, 0.4) is 0 Å². The molecule has 1 aromatic carbocycles. The van der Waals surface area contributed by atoms with Crippen LogP contribution < -0.4 is 10.0 Å². The highest BCUT2D eigenvalue weighted by molar-refractivity contribution is 7.92. The van der Waals surface area contributed by atoms with Gasteiger partial charge in [0.05, 0.1) is 22.0 Å². The van der Waals surface area contributed by atoms with E-state index in [0.717, 1.165) is 12.1 Å². The monoisotopic (exact) mass is 330 g/mol. The summed E-state index contributed by atoms with van der Waals surface area (Å²) in [4.78, 5) is 0. The van der Waals surface area contributed by atoms with Crippen LogP contribution in [-0.4, -0.2) is 27.3 Å². The largest absolute Gasteiger partial charge is 0.418 e. The number of alkyl halides is 3. The molecule has 0 heterocycles. The van der Waals surface area contributed by atoms with Gasteiger partial charge in [-0.25, -0.2) is 8.42 Å². The van der Waals surface area contributed by atoms with Crippen molar-refractivity contribution in [3.05, 3.63) is 28.8 Å². The molecule has 0 unspecified atom stereocenters. The van der Waals surface area contributed by atoms with Crippen molar-refractivity contribution in [2.24, 2.45) is 0 Å². The van der Waals surface area contributed by atoms with Crippen molar-refractivity contribution in [3.8, 4) is 0 Å². The molecule has 0 aromatic heterocycles. The topological polar surface area (TPSA) is 58.2 Å². The number of rotatable bonds is 6. The molecule has 9 heteroatoms. The third kappa shape index (κ3) is 4.84. The molecule has 0 amide bonds. The first-order valence-electron chi connectivity index (χ1n) is 5.74. The van der Waals surface area contributed by atoms with Crippen molar-refractivity contribution < 1.29 is 21.6 Å². The van der Waals surface area contributed by atoms with Crippen molar-refractivity contribution >= 4 is 27.3 Å². The predicted octanol–water partition coefficient (Wildman–Crippen LogP) is 2.71. The van der Waals surface area contributed by atoms with Crippen LogP contribution in [-0.2, 0) is 16.2 Å². The van der Waals surface area contributed by atoms with Crippen LogP contribution >= 0.6 is 11.6 Å². The fourth-order valence-corrected chi connectivity index (χ4v) is 2.78. The molecule has 0 spiro atoms. The zero-order chi connectivity index (χ0) is 15.4. The van der Waals surface area contributed by atoms with Gasteiger partial charge < -0.3 is 5.32 Å². The zero-order valence-corrected chi connectivity index (χ0v) is 12.2. The fourth-order valence-electron chi connectivity index (χ4n) is 1.45. The summed E-state index contributed by atoms with van der Waals surface area (Å²) in [5.74, 6) is -0.344. The summed E-state index contributed by atoms with van der Waals surface area (Å²) in [5, 5.41) is 2.48. The quantitative estimate of drug-likeness (QED) is 0.788. The number of nitrogens with one attached hydrogen (secondary N) is 2. The summed E-state index contributed by atoms with van der Waals surface area (Å²) in [5.41, 5.74) is -1.75. The first kappa shape index (κ1) is 17.1. The van der Waals surface area contributed by atoms with E-state index in [1.165, 1.54) is 6.07 Å². The Morgan fingerprint density at radius 2 is 1.95 bits per heavy atom. The number of hydrogen-bond donors (Lipinski definition) is 2. The second kappa shape index (κ2) is 6.64. The normalized spacial score (nSPS) is 12.4. The summed E-state index contributed by atoms with van der Waals surface area (Å²) in [7, 11) is -3.91. The zero-order valence-electron chi connectivity index (χ0n) is 10.6. The molecular weight excluding hydrogens is 317 g/mol. The number of para-hydroxylation sites is 1. The second-order valence-electron chi connectivity index (χ2n) is 3.93. The van der Waals surface area contributed by atoms with Gasteiger partial charge in [0.25, 0.3) is 0 Å². The SMILES string of the molecule is CCNCCS(=O)(=O)Nc1c(Cl)cccc1C(F)(F)F. The lowest BCUT2D eigenvalue weighted by Crippen LogP contribution is -2.27. The maximum atomic E-state index is 12.8. The van der Waals surface area contributed by atoms with Crippen molar-refractivity contribution in [1.82, 2.24) is 5.32 Å². The van der Waals surface area contributed by atoms with Crippen LogP contribution in [0.5, 0.6) is 0 Å². The smallest absolute Gasteiger partial charge is 0.316 e. The highest BCUT2D eigenvalue weighted by atomic mass is 35.5. The van der Waals surface area contributed by atoms with Crippen LogP contribution in [0, 0.1) is 0 Å². The molecule has 0 aliphatic carbocycles. The van der Waals surface area contributed by atoms with E-state index in [0.29, 0.717) is 6.54 Å². The number of benzene rings is 1. The first-order chi connectivity index (χ1) is 9.17. The molecule has 20 heavy (non-hydrogen) atoms. The van der Waals surface area contributed by atoms with E-state index in [-0.39, 0.29) is 17.3 Å². The van der Waals surface area contributed by atoms with Gasteiger partial charge in [-0.3, -0.25) is 4.72 Å². The predicted molar refractivity (Wildman–Crippen MR) is 72.4 cm³/mol. The van der Waals surface area contributed by atoms with Gasteiger partial charge in [-0.2, -0.15) is 13.2 Å². The maximum Gasteiger partial charge on any atom is 0.418 e. The minimum Gasteiger partial charge on any atom is -0.316 e. The number of hydrogen-bond acceptors (Lipinski definition) is 3. The Kier molecular flexibility index (Phi) is 5.67. The maximum absolute atomic E-state index is 12.8. The van der Waals surface area contributed by atoms with Crippen LogP contribution in [0.2, 0.25) is 5.02 Å². The average Bonchev–Trinajstić information content (AvgIpc) is 2.30. The van der Waals surface area contributed by atoms with Crippen molar-refractivity contribution in [3.63, 3.8) is 0 Å². The van der Waals surface area contributed by atoms with Gasteiger partial charge in [0.15, 0.2) is 0 Å². The standard InChI is InChI=1S/C11H14ClF3N2O2S/c1-2-16-6-7-20(18,19)17-10-8(11(13,14)15)4-3-5-9(10)12/h3-5,16-17H,2,6-7H2,1H3. The lowest BCUT2D eigenvalue weighted by Gasteiger charge is -2.16. The highest BCUT2D eigenvalue weighted by Gasteiger charge is 2.35. The van der Waals surface area contributed by atoms with Gasteiger partial charge in [-0.1, -0.05) is 24.6 Å². The summed E-state index contributed by atoms with van der Waals surface area (Å²) in [6.45, 7) is 2.49. The van der Waals surface area contributed by atoms with E-state index in [1.54, 1.807) is 6.92 Å². The molecule has 0 fully saturated rings. The number of halogens is 4. The fraction of sp³-hybridized carbons (Fsp3) is 0.455. The molecule has 0 aliphatic heterocycles. The van der Waals surface area contributed by atoms with E-state index in [1.807, 2.05) is 4.72 Å². The molecule has 114 valence electrons. The van der Waals surface area contributed by atoms with Crippen LogP contribution in [0.25, 0.3) is 0 Å². The van der Waals surface area contributed by atoms with E-state index < -0.39 is 27.5 Å². The molecule has 0 radical (unpaired) electrons. The van der Waals surface area contributed by atoms with Crippen LogP contribution in [0.4, 0.5) is 18.9 Å². The summed E-state index contributed by atoms with van der Waals surface area (Å²) >= 11 is 5.66. The molecule has 4 nitrogen and oxygen atoms in total. The second-order valence-corrected chi connectivity index (χ2v) is 6.18. The van der Waals surface area contributed by atoms with Crippen molar-refractivity contribution in [1.29, 1.82) is 0 Å². The molecule has 1 aromatic rings. The summed E-state index contributed by atoms with van der Waals surface area (Å²) < 4.78 is 63.8. The lowest BCUT2D eigenvalue weighted by molar-refractivity contribution is -0.136. The average molecular weight is 331 g/mol. The molecule has 0 saturated carbocycles. The van der Waals surface area contributed by atoms with Gasteiger partial charge in [0, 0.05) is 6.54 Å². The van der Waals surface area contributed by atoms with Gasteiger partial charge in [-0.05, 0) is 18.7 Å². The summed E-state index contributed by atoms with van der Waals surface area (Å²) in [6, 6.07) is 3.08. The van der Waals surface area contributed by atoms with Gasteiger partial charge in [-0.15, -0.1) is 0 Å². The van der Waals surface area contributed by atoms with Gasteiger partial charge in [0.2, 0.25) is 10.0 Å². The first-order valence-corrected chi connectivity index (χ1v) is 7.77. The highest BCUT2D eigenvalue weighted by Crippen LogP contribution is 2.38. The number of anilines is 1. The molecule has 1 rings (SSSR count). The van der Waals surface area contributed by atoms with Crippen molar-refractivity contribution in [2.75, 3.05) is 23.6 Å². The molecule has 2 N–H and O–H groups in total. The van der Waals surface area contributed by atoms with Crippen molar-refractivity contribution in [2.45, 2.75) is 13.1 Å². The third-order valence-electron chi connectivity index (χ3n) is 2.37. The van der Waals surface area contributed by atoms with Crippen LogP contribution in [0.15, 0.2) is 18.2 Å².